The van der Waals surface area contributed by atoms with Crippen LogP contribution in [0.4, 0.5) is 14.6 Å². The molecule has 0 spiro atoms. The lowest BCUT2D eigenvalue weighted by Gasteiger charge is -2.41. The van der Waals surface area contributed by atoms with Gasteiger partial charge in [-0.15, -0.1) is 0 Å². The highest BCUT2D eigenvalue weighted by molar-refractivity contribution is 8.07. The third-order valence-corrected chi connectivity index (χ3v) is 6.39. The molecule has 2 saturated heterocycles. The molecule has 1 aromatic heterocycles. The topological polar surface area (TPSA) is 118 Å². The highest BCUT2D eigenvalue weighted by Gasteiger charge is 2.66. The maximum atomic E-state index is 13.8. The fraction of sp³-hybridized carbons (Fsp3) is 0.692. The monoisotopic (exact) mass is 413 g/mol. The fourth-order valence-corrected chi connectivity index (χ4v) is 5.39. The van der Waals surface area contributed by atoms with Crippen LogP contribution in [-0.4, -0.2) is 51.6 Å². The molecule has 26 heavy (non-hydrogen) atoms. The highest BCUT2D eigenvalue weighted by atomic mass is 32.5. The first kappa shape index (κ1) is 19.7. The van der Waals surface area contributed by atoms with E-state index in [1.54, 1.807) is 13.8 Å². The van der Waals surface area contributed by atoms with Crippen LogP contribution in [0.1, 0.15) is 20.1 Å². The van der Waals surface area contributed by atoms with Crippen LogP contribution in [0.2, 0.25) is 0 Å². The number of nitrogens with two attached hydrogens (primary N) is 1. The number of halogens is 2. The van der Waals surface area contributed by atoms with Gasteiger partial charge in [0, 0.05) is 6.20 Å². The van der Waals surface area contributed by atoms with Crippen molar-refractivity contribution in [1.82, 2.24) is 9.55 Å². The van der Waals surface area contributed by atoms with E-state index in [0.717, 1.165) is 4.57 Å². The van der Waals surface area contributed by atoms with Gasteiger partial charge in [-0.1, -0.05) is 0 Å². The van der Waals surface area contributed by atoms with Crippen LogP contribution in [0.15, 0.2) is 17.1 Å². The molecule has 5 atom stereocenters. The Hall–Kier alpha value is -1.01. The summed E-state index contributed by atoms with van der Waals surface area (Å²) >= 11 is 5.18. The minimum absolute atomic E-state index is 0.0554. The van der Waals surface area contributed by atoms with Crippen molar-refractivity contribution in [3.8, 4) is 0 Å². The number of ether oxygens (including phenoxy) is 1. The Balaban J connectivity index is 1.97. The summed E-state index contributed by atoms with van der Waals surface area (Å²) < 4.78 is 50.1. The molecule has 13 heteroatoms. The molecular formula is C13H18F2N3O6PS. The van der Waals surface area contributed by atoms with E-state index in [2.05, 4.69) is 4.98 Å². The second-order valence-corrected chi connectivity index (χ2v) is 9.11. The number of rotatable bonds is 4. The molecule has 1 unspecified atom stereocenters. The number of aromatic nitrogens is 2. The molecule has 0 aliphatic carbocycles. The molecule has 3 N–H and O–H groups in total. The predicted molar refractivity (Wildman–Crippen MR) is 89.1 cm³/mol. The van der Waals surface area contributed by atoms with Crippen LogP contribution in [0, 0.1) is 0 Å². The van der Waals surface area contributed by atoms with Gasteiger partial charge >= 0.3 is 12.4 Å². The summed E-state index contributed by atoms with van der Waals surface area (Å²) in [5.41, 5.74) is 2.25. The summed E-state index contributed by atoms with van der Waals surface area (Å²) in [5.74, 6) is -0.0554. The minimum Gasteiger partial charge on any atom is -0.386 e. The first-order valence-corrected chi connectivity index (χ1v) is 10.2. The van der Waals surface area contributed by atoms with E-state index in [0.29, 0.717) is 0 Å². The van der Waals surface area contributed by atoms with Gasteiger partial charge in [0.15, 0.2) is 11.8 Å². The normalized spacial score (nSPS) is 37.3. The van der Waals surface area contributed by atoms with Gasteiger partial charge in [0.05, 0.1) is 12.7 Å². The van der Waals surface area contributed by atoms with Gasteiger partial charge in [0.1, 0.15) is 18.0 Å². The molecule has 0 bridgehead atoms. The molecule has 0 amide bonds. The minimum atomic E-state index is -3.36. The van der Waals surface area contributed by atoms with E-state index in [1.165, 1.54) is 12.3 Å². The zero-order chi connectivity index (χ0) is 19.3. The predicted octanol–water partition coefficient (Wildman–Crippen LogP) is 0.784. The first-order valence-electron chi connectivity index (χ1n) is 7.68. The van der Waals surface area contributed by atoms with Crippen molar-refractivity contribution in [3.63, 3.8) is 0 Å². The lowest BCUT2D eigenvalue weighted by atomic mass is 9.96. The van der Waals surface area contributed by atoms with Gasteiger partial charge < -0.3 is 24.6 Å². The number of anilines is 1. The van der Waals surface area contributed by atoms with E-state index >= 15 is 0 Å². The van der Waals surface area contributed by atoms with Crippen molar-refractivity contribution >= 4 is 24.3 Å². The van der Waals surface area contributed by atoms with E-state index in [4.69, 9.17) is 35.8 Å². The Bertz CT molecular complexity index is 795. The number of hydrogen-bond donors (Lipinski definition) is 2. The average molecular weight is 413 g/mol. The van der Waals surface area contributed by atoms with E-state index in [9.17, 15) is 18.7 Å². The molecule has 2 aliphatic rings. The van der Waals surface area contributed by atoms with Crippen molar-refractivity contribution < 1.29 is 32.2 Å². The highest BCUT2D eigenvalue weighted by Crippen LogP contribution is 2.61. The number of fused-ring (bicyclic) bond motifs is 1. The molecule has 1 aromatic rings. The molecule has 3 rings (SSSR count). The van der Waals surface area contributed by atoms with Crippen LogP contribution in [0.25, 0.3) is 0 Å². The summed E-state index contributed by atoms with van der Waals surface area (Å²) in [7, 11) is 0. The van der Waals surface area contributed by atoms with Gasteiger partial charge in [0.2, 0.25) is 0 Å². The molecular weight excluding hydrogens is 395 g/mol. The Morgan fingerprint density at radius 2 is 2.27 bits per heavy atom. The number of nitrogen functional groups attached to an aromatic ring is 1. The van der Waals surface area contributed by atoms with Gasteiger partial charge in [0.25, 0.3) is 6.43 Å². The van der Waals surface area contributed by atoms with Crippen molar-refractivity contribution in [2.75, 3.05) is 12.3 Å². The van der Waals surface area contributed by atoms with Gasteiger partial charge in [-0.05, 0) is 31.7 Å². The fourth-order valence-electron chi connectivity index (χ4n) is 2.81. The van der Waals surface area contributed by atoms with E-state index in [-0.39, 0.29) is 11.9 Å². The molecule has 9 nitrogen and oxygen atoms in total. The lowest BCUT2D eigenvalue weighted by molar-refractivity contribution is -0.204. The molecule has 2 aliphatic heterocycles. The molecule has 0 aromatic carbocycles. The standard InChI is InChI=1S/C13H18F2N3O6PS/c1-6(2)23-25(26)21-5-13(11(14)15)9(24-25)8(19)10(22-13)18-4-3-7(16)17-12(18)20/h3-4,6,8-11,19H,5H2,1-2H3,(H2,16,17,20)/t8-,9+,10-,13-,25?/m0/s1. The van der Waals surface area contributed by atoms with Crippen LogP contribution in [0.5, 0.6) is 0 Å². The van der Waals surface area contributed by atoms with Crippen LogP contribution in [-0.2, 0) is 30.1 Å². The Morgan fingerprint density at radius 1 is 1.58 bits per heavy atom. The summed E-state index contributed by atoms with van der Waals surface area (Å²) in [6, 6.07) is 1.28. The van der Waals surface area contributed by atoms with Gasteiger partial charge in [-0.2, -0.15) is 4.98 Å². The van der Waals surface area contributed by atoms with E-state index < -0.39 is 49.5 Å². The summed E-state index contributed by atoms with van der Waals surface area (Å²) in [6.45, 7) is -0.648. The van der Waals surface area contributed by atoms with Crippen molar-refractivity contribution in [2.24, 2.45) is 0 Å². The van der Waals surface area contributed by atoms with Crippen LogP contribution in [0.3, 0.4) is 0 Å². The zero-order valence-electron chi connectivity index (χ0n) is 13.8. The maximum absolute atomic E-state index is 13.8. The summed E-state index contributed by atoms with van der Waals surface area (Å²) in [5, 5.41) is 10.6. The number of nitrogens with zero attached hydrogens (tertiary/aromatic N) is 2. The smallest absolute Gasteiger partial charge is 0.351 e. The summed E-state index contributed by atoms with van der Waals surface area (Å²) in [4.78, 5) is 15.5. The van der Waals surface area contributed by atoms with E-state index in [1.807, 2.05) is 0 Å². The second-order valence-electron chi connectivity index (χ2n) is 6.20. The number of aliphatic hydroxyl groups excluding tert-OH is 1. The molecule has 146 valence electrons. The third kappa shape index (κ3) is 3.31. The first-order chi connectivity index (χ1) is 12.1. The molecule has 0 saturated carbocycles. The molecule has 3 heterocycles. The van der Waals surface area contributed by atoms with Gasteiger partial charge in [-0.25, -0.2) is 13.6 Å². The average Bonchev–Trinajstić information content (AvgIpc) is 2.80. The quantitative estimate of drug-likeness (QED) is 0.691. The third-order valence-electron chi connectivity index (χ3n) is 3.95. The summed E-state index contributed by atoms with van der Waals surface area (Å²) in [6.07, 6.45) is -6.91. The van der Waals surface area contributed by atoms with Gasteiger partial charge in [-0.3, -0.25) is 9.09 Å². The Kier molecular flexibility index (Phi) is 5.21. The Morgan fingerprint density at radius 3 is 2.85 bits per heavy atom. The number of aliphatic hydroxyl groups is 1. The van der Waals surface area contributed by atoms with Crippen molar-refractivity contribution in [1.29, 1.82) is 0 Å². The second kappa shape index (κ2) is 6.86. The molecule has 2 fully saturated rings. The maximum Gasteiger partial charge on any atom is 0.351 e. The lowest BCUT2D eigenvalue weighted by Crippen LogP contribution is -2.56. The molecule has 0 radical (unpaired) electrons. The van der Waals surface area contributed by atoms with Crippen LogP contribution >= 0.6 is 6.72 Å². The van der Waals surface area contributed by atoms with Crippen molar-refractivity contribution in [2.45, 2.75) is 50.4 Å². The number of alkyl halides is 2. The van der Waals surface area contributed by atoms with Crippen LogP contribution < -0.4 is 11.4 Å². The zero-order valence-corrected chi connectivity index (χ0v) is 15.5. The SMILES string of the molecule is CC(C)OP1(=S)OC[C@]2(C(F)F)O[C@H](n3ccc(N)nc3=O)[C@@H](O)[C@H]2O1. The Labute approximate surface area is 152 Å². The largest absolute Gasteiger partial charge is 0.386 e. The number of hydrogen-bond acceptors (Lipinski definition) is 9. The van der Waals surface area contributed by atoms with Crippen molar-refractivity contribution in [3.05, 3.63) is 22.7 Å².